The SMILES string of the molecule is O=C(Cc1ccccc1)NNC(=O)c1cccc(F)c1. The molecule has 0 aliphatic heterocycles. The summed E-state index contributed by atoms with van der Waals surface area (Å²) in [5.41, 5.74) is 5.51. The van der Waals surface area contributed by atoms with Gasteiger partial charge in [0.25, 0.3) is 5.91 Å². The molecule has 0 saturated carbocycles. The zero-order valence-corrected chi connectivity index (χ0v) is 10.6. The maximum atomic E-state index is 12.9. The van der Waals surface area contributed by atoms with Gasteiger partial charge in [-0.05, 0) is 23.8 Å². The van der Waals surface area contributed by atoms with Crippen LogP contribution in [0, 0.1) is 5.82 Å². The molecular weight excluding hydrogens is 259 g/mol. The van der Waals surface area contributed by atoms with Gasteiger partial charge in [-0.15, -0.1) is 0 Å². The zero-order valence-electron chi connectivity index (χ0n) is 10.6. The summed E-state index contributed by atoms with van der Waals surface area (Å²) < 4.78 is 12.9. The standard InChI is InChI=1S/C15H13FN2O2/c16-13-8-4-7-12(10-13)15(20)18-17-14(19)9-11-5-2-1-3-6-11/h1-8,10H,9H2,(H,17,19)(H,18,20). The van der Waals surface area contributed by atoms with Gasteiger partial charge in [-0.1, -0.05) is 36.4 Å². The van der Waals surface area contributed by atoms with Crippen molar-refractivity contribution in [3.63, 3.8) is 0 Å². The highest BCUT2D eigenvalue weighted by Gasteiger charge is 2.08. The van der Waals surface area contributed by atoms with Crippen LogP contribution in [-0.2, 0) is 11.2 Å². The minimum absolute atomic E-state index is 0.144. The molecule has 0 bridgehead atoms. The summed E-state index contributed by atoms with van der Waals surface area (Å²) >= 11 is 0. The average Bonchev–Trinajstić information content (AvgIpc) is 2.46. The highest BCUT2D eigenvalue weighted by atomic mass is 19.1. The first kappa shape index (κ1) is 13.7. The Hall–Kier alpha value is -2.69. The number of benzene rings is 2. The Bertz CT molecular complexity index is 614. The van der Waals surface area contributed by atoms with Gasteiger partial charge in [0.15, 0.2) is 0 Å². The zero-order chi connectivity index (χ0) is 14.4. The number of carbonyl (C=O) groups is 2. The monoisotopic (exact) mass is 272 g/mol. The second-order valence-corrected chi connectivity index (χ2v) is 4.18. The van der Waals surface area contributed by atoms with Crippen molar-refractivity contribution in [2.45, 2.75) is 6.42 Å². The van der Waals surface area contributed by atoms with E-state index in [1.54, 1.807) is 0 Å². The molecule has 0 fully saturated rings. The van der Waals surface area contributed by atoms with Crippen LogP contribution in [0.4, 0.5) is 4.39 Å². The fraction of sp³-hybridized carbons (Fsp3) is 0.0667. The number of carbonyl (C=O) groups excluding carboxylic acids is 2. The molecule has 20 heavy (non-hydrogen) atoms. The summed E-state index contributed by atoms with van der Waals surface area (Å²) in [5.74, 6) is -1.42. The lowest BCUT2D eigenvalue weighted by Gasteiger charge is -2.07. The van der Waals surface area contributed by atoms with E-state index in [-0.39, 0.29) is 17.9 Å². The van der Waals surface area contributed by atoms with Crippen LogP contribution in [0.3, 0.4) is 0 Å². The lowest BCUT2D eigenvalue weighted by molar-refractivity contribution is -0.121. The third-order valence-corrected chi connectivity index (χ3v) is 2.61. The first-order chi connectivity index (χ1) is 9.65. The fourth-order valence-electron chi connectivity index (χ4n) is 1.65. The van der Waals surface area contributed by atoms with Crippen LogP contribution in [0.1, 0.15) is 15.9 Å². The summed E-state index contributed by atoms with van der Waals surface area (Å²) in [6, 6.07) is 14.4. The second kappa shape index (κ2) is 6.47. The Morgan fingerprint density at radius 3 is 2.40 bits per heavy atom. The molecule has 5 heteroatoms. The molecule has 102 valence electrons. The average molecular weight is 272 g/mol. The van der Waals surface area contributed by atoms with Crippen molar-refractivity contribution in [1.29, 1.82) is 0 Å². The fourth-order valence-corrected chi connectivity index (χ4v) is 1.65. The molecule has 2 aromatic rings. The van der Waals surface area contributed by atoms with Gasteiger partial charge in [-0.2, -0.15) is 0 Å². The molecule has 0 aromatic heterocycles. The Morgan fingerprint density at radius 2 is 1.70 bits per heavy atom. The van der Waals surface area contributed by atoms with E-state index >= 15 is 0 Å². The summed E-state index contributed by atoms with van der Waals surface area (Å²) in [7, 11) is 0. The van der Waals surface area contributed by atoms with Crippen molar-refractivity contribution < 1.29 is 14.0 Å². The number of hydrogen-bond donors (Lipinski definition) is 2. The van der Waals surface area contributed by atoms with E-state index in [9.17, 15) is 14.0 Å². The van der Waals surface area contributed by atoms with Gasteiger partial charge in [-0.3, -0.25) is 20.4 Å². The maximum absolute atomic E-state index is 12.9. The number of hydrogen-bond acceptors (Lipinski definition) is 2. The molecule has 4 nitrogen and oxygen atoms in total. The highest BCUT2D eigenvalue weighted by molar-refractivity contribution is 5.95. The van der Waals surface area contributed by atoms with Crippen molar-refractivity contribution in [2.24, 2.45) is 0 Å². The lowest BCUT2D eigenvalue weighted by atomic mass is 10.1. The number of hydrazine groups is 1. The third kappa shape index (κ3) is 3.91. The number of rotatable bonds is 3. The van der Waals surface area contributed by atoms with Gasteiger partial charge in [0.2, 0.25) is 5.91 Å². The van der Waals surface area contributed by atoms with Crippen molar-refractivity contribution in [2.75, 3.05) is 0 Å². The van der Waals surface area contributed by atoms with Crippen LogP contribution in [0.15, 0.2) is 54.6 Å². The molecule has 0 heterocycles. The normalized spacial score (nSPS) is 9.85. The lowest BCUT2D eigenvalue weighted by Crippen LogP contribution is -2.42. The molecule has 0 aliphatic rings. The predicted octanol–water partition coefficient (Wildman–Crippen LogP) is 1.83. The molecule has 2 amide bonds. The van der Waals surface area contributed by atoms with E-state index in [0.717, 1.165) is 11.6 Å². The first-order valence-electron chi connectivity index (χ1n) is 6.04. The van der Waals surface area contributed by atoms with E-state index in [1.165, 1.54) is 18.2 Å². The van der Waals surface area contributed by atoms with Gasteiger partial charge >= 0.3 is 0 Å². The van der Waals surface area contributed by atoms with Crippen LogP contribution in [0.25, 0.3) is 0 Å². The van der Waals surface area contributed by atoms with E-state index < -0.39 is 11.7 Å². The van der Waals surface area contributed by atoms with E-state index in [2.05, 4.69) is 10.9 Å². The Kier molecular flexibility index (Phi) is 4.44. The Labute approximate surface area is 115 Å². The second-order valence-electron chi connectivity index (χ2n) is 4.18. The minimum atomic E-state index is -0.564. The summed E-state index contributed by atoms with van der Waals surface area (Å²) in [4.78, 5) is 23.3. The molecule has 0 radical (unpaired) electrons. The Morgan fingerprint density at radius 1 is 0.950 bits per heavy atom. The quantitative estimate of drug-likeness (QED) is 0.837. The molecule has 2 aromatic carbocycles. The summed E-state index contributed by atoms with van der Waals surface area (Å²) in [6.45, 7) is 0. The van der Waals surface area contributed by atoms with Crippen molar-refractivity contribution in [3.05, 3.63) is 71.5 Å². The summed E-state index contributed by atoms with van der Waals surface area (Å²) in [6.07, 6.45) is 0.157. The molecule has 0 saturated heterocycles. The summed E-state index contributed by atoms with van der Waals surface area (Å²) in [5, 5.41) is 0. The predicted molar refractivity (Wildman–Crippen MR) is 72.2 cm³/mol. The van der Waals surface area contributed by atoms with Crippen LogP contribution >= 0.6 is 0 Å². The molecule has 2 rings (SSSR count). The van der Waals surface area contributed by atoms with Gasteiger partial charge in [0.05, 0.1) is 6.42 Å². The topological polar surface area (TPSA) is 58.2 Å². The van der Waals surface area contributed by atoms with Crippen LogP contribution in [-0.4, -0.2) is 11.8 Å². The minimum Gasteiger partial charge on any atom is -0.273 e. The van der Waals surface area contributed by atoms with Crippen LogP contribution in [0.2, 0.25) is 0 Å². The van der Waals surface area contributed by atoms with Gasteiger partial charge in [0, 0.05) is 5.56 Å². The van der Waals surface area contributed by atoms with E-state index in [1.807, 2.05) is 30.3 Å². The van der Waals surface area contributed by atoms with Crippen molar-refractivity contribution >= 4 is 11.8 Å². The Balaban J connectivity index is 1.86. The maximum Gasteiger partial charge on any atom is 0.269 e. The number of halogens is 1. The highest BCUT2D eigenvalue weighted by Crippen LogP contribution is 2.03. The third-order valence-electron chi connectivity index (χ3n) is 2.61. The van der Waals surface area contributed by atoms with Crippen LogP contribution < -0.4 is 10.9 Å². The van der Waals surface area contributed by atoms with Gasteiger partial charge < -0.3 is 0 Å². The first-order valence-corrected chi connectivity index (χ1v) is 6.04. The molecule has 0 unspecified atom stereocenters. The smallest absolute Gasteiger partial charge is 0.269 e. The van der Waals surface area contributed by atoms with Crippen LogP contribution in [0.5, 0.6) is 0 Å². The molecule has 0 aliphatic carbocycles. The molecule has 0 spiro atoms. The largest absolute Gasteiger partial charge is 0.273 e. The van der Waals surface area contributed by atoms with Gasteiger partial charge in [0.1, 0.15) is 5.82 Å². The van der Waals surface area contributed by atoms with Crippen molar-refractivity contribution in [3.8, 4) is 0 Å². The molecule has 2 N–H and O–H groups in total. The van der Waals surface area contributed by atoms with Gasteiger partial charge in [-0.25, -0.2) is 4.39 Å². The van der Waals surface area contributed by atoms with E-state index in [0.29, 0.717) is 0 Å². The molecular formula is C15H13FN2O2. The number of amides is 2. The van der Waals surface area contributed by atoms with E-state index in [4.69, 9.17) is 0 Å². The van der Waals surface area contributed by atoms with Crippen molar-refractivity contribution in [1.82, 2.24) is 10.9 Å². The molecule has 0 atom stereocenters. The number of nitrogens with one attached hydrogen (secondary N) is 2.